The Morgan fingerprint density at radius 1 is 1.31 bits per heavy atom. The number of hydrogen-bond acceptors (Lipinski definition) is 5. The molecule has 7 nitrogen and oxygen atoms in total. The molecule has 2 amide bonds. The summed E-state index contributed by atoms with van der Waals surface area (Å²) < 4.78 is 5.61. The van der Waals surface area contributed by atoms with Crippen molar-refractivity contribution < 1.29 is 14.3 Å². The van der Waals surface area contributed by atoms with Gasteiger partial charge in [0.1, 0.15) is 6.10 Å². The van der Waals surface area contributed by atoms with Gasteiger partial charge in [-0.1, -0.05) is 37.6 Å². The van der Waals surface area contributed by atoms with Gasteiger partial charge in [0.2, 0.25) is 0 Å². The predicted molar refractivity (Wildman–Crippen MR) is 135 cm³/mol. The van der Waals surface area contributed by atoms with Crippen LogP contribution in [0.4, 0.5) is 0 Å². The zero-order chi connectivity index (χ0) is 25.2. The van der Waals surface area contributed by atoms with Crippen molar-refractivity contribution in [2.45, 2.75) is 45.8 Å². The number of halogens is 1. The van der Waals surface area contributed by atoms with E-state index in [1.165, 1.54) is 0 Å². The quantitative estimate of drug-likeness (QED) is 0.672. The first kappa shape index (κ1) is 25.4. The van der Waals surface area contributed by atoms with Crippen LogP contribution in [0.25, 0.3) is 0 Å². The Morgan fingerprint density at radius 2 is 2.11 bits per heavy atom. The molecular formula is C27H33ClN4O3. The van der Waals surface area contributed by atoms with Crippen LogP contribution in [0.3, 0.4) is 0 Å². The van der Waals surface area contributed by atoms with Crippen molar-refractivity contribution >= 4 is 23.4 Å². The molecule has 1 aromatic rings. The predicted octanol–water partition coefficient (Wildman–Crippen LogP) is 3.66. The topological polar surface area (TPSA) is 85.7 Å². The van der Waals surface area contributed by atoms with E-state index >= 15 is 0 Å². The van der Waals surface area contributed by atoms with Crippen LogP contribution in [0.15, 0.2) is 47.1 Å². The van der Waals surface area contributed by atoms with Gasteiger partial charge in [-0.15, -0.1) is 0 Å². The third-order valence-corrected chi connectivity index (χ3v) is 7.71. The van der Waals surface area contributed by atoms with Gasteiger partial charge in [-0.3, -0.25) is 14.5 Å². The molecule has 1 aromatic carbocycles. The minimum Gasteiger partial charge on any atom is -0.368 e. The number of rotatable bonds is 5. The van der Waals surface area contributed by atoms with Crippen LogP contribution >= 0.6 is 11.6 Å². The minimum atomic E-state index is -0.302. The van der Waals surface area contributed by atoms with E-state index < -0.39 is 0 Å². The van der Waals surface area contributed by atoms with Gasteiger partial charge in [0, 0.05) is 66.5 Å². The Labute approximate surface area is 212 Å². The SMILES string of the molecule is CC1C(NC(=O)c2cccc(C#N)c2)=CC(Cl)=CC1(C)CN1CCN(C(=O)C2CCCO2)[C@@H](C)C1. The van der Waals surface area contributed by atoms with Crippen LogP contribution < -0.4 is 5.32 Å². The van der Waals surface area contributed by atoms with Gasteiger partial charge in [0.05, 0.1) is 11.6 Å². The number of nitrogens with one attached hydrogen (secondary N) is 1. The van der Waals surface area contributed by atoms with Crippen LogP contribution in [0.5, 0.6) is 0 Å². The van der Waals surface area contributed by atoms with Crippen molar-refractivity contribution in [3.05, 3.63) is 58.3 Å². The number of carbonyl (C=O) groups excluding carboxylic acids is 2. The normalized spacial score (nSPS) is 29.2. The van der Waals surface area contributed by atoms with E-state index in [-0.39, 0.29) is 35.3 Å². The highest BCUT2D eigenvalue weighted by atomic mass is 35.5. The lowest BCUT2D eigenvalue weighted by Gasteiger charge is -2.46. The maximum atomic E-state index is 12.9. The number of allylic oxidation sites excluding steroid dienone is 3. The van der Waals surface area contributed by atoms with Crippen LogP contribution in [0.2, 0.25) is 0 Å². The Bertz CT molecular complexity index is 1090. The van der Waals surface area contributed by atoms with E-state index in [0.717, 1.165) is 38.2 Å². The second kappa shape index (κ2) is 10.5. The van der Waals surface area contributed by atoms with Crippen molar-refractivity contribution in [3.8, 4) is 6.07 Å². The summed E-state index contributed by atoms with van der Waals surface area (Å²) >= 11 is 6.53. The van der Waals surface area contributed by atoms with E-state index in [9.17, 15) is 9.59 Å². The first-order chi connectivity index (χ1) is 16.7. The molecule has 0 spiro atoms. The Kier molecular flexibility index (Phi) is 7.65. The number of benzene rings is 1. The van der Waals surface area contributed by atoms with Gasteiger partial charge < -0.3 is 15.0 Å². The fourth-order valence-electron chi connectivity index (χ4n) is 5.31. The third kappa shape index (κ3) is 5.61. The highest BCUT2D eigenvalue weighted by Gasteiger charge is 2.40. The van der Waals surface area contributed by atoms with E-state index in [2.05, 4.69) is 43.1 Å². The molecule has 186 valence electrons. The molecule has 2 saturated heterocycles. The molecule has 4 atom stereocenters. The molecule has 0 aromatic heterocycles. The maximum absolute atomic E-state index is 12.9. The number of ether oxygens (including phenoxy) is 1. The van der Waals surface area contributed by atoms with E-state index in [1.54, 1.807) is 30.3 Å². The number of piperazine rings is 1. The van der Waals surface area contributed by atoms with Gasteiger partial charge in [-0.05, 0) is 44.0 Å². The number of hydrogen-bond donors (Lipinski definition) is 1. The molecule has 1 aliphatic carbocycles. The summed E-state index contributed by atoms with van der Waals surface area (Å²) in [7, 11) is 0. The monoisotopic (exact) mass is 496 g/mol. The Morgan fingerprint density at radius 3 is 2.80 bits per heavy atom. The molecule has 1 N–H and O–H groups in total. The fraction of sp³-hybridized carbons (Fsp3) is 0.519. The van der Waals surface area contributed by atoms with Crippen LogP contribution in [0, 0.1) is 22.7 Å². The lowest BCUT2D eigenvalue weighted by molar-refractivity contribution is -0.145. The van der Waals surface area contributed by atoms with Crippen LogP contribution in [-0.2, 0) is 9.53 Å². The number of nitrogens with zero attached hydrogens (tertiary/aromatic N) is 3. The van der Waals surface area contributed by atoms with Crippen molar-refractivity contribution in [3.63, 3.8) is 0 Å². The molecule has 0 radical (unpaired) electrons. The number of carbonyl (C=O) groups is 2. The van der Waals surface area contributed by atoms with Gasteiger partial charge >= 0.3 is 0 Å². The Hall–Kier alpha value is -2.66. The van der Waals surface area contributed by atoms with Crippen LogP contribution in [-0.4, -0.2) is 66.5 Å². The van der Waals surface area contributed by atoms with Crippen molar-refractivity contribution in [1.29, 1.82) is 5.26 Å². The largest absolute Gasteiger partial charge is 0.368 e. The lowest BCUT2D eigenvalue weighted by atomic mass is 9.73. The first-order valence-electron chi connectivity index (χ1n) is 12.3. The number of nitriles is 1. The zero-order valence-electron chi connectivity index (χ0n) is 20.6. The van der Waals surface area contributed by atoms with Gasteiger partial charge in [-0.2, -0.15) is 5.26 Å². The molecule has 2 heterocycles. The molecule has 35 heavy (non-hydrogen) atoms. The van der Waals surface area contributed by atoms with Crippen molar-refractivity contribution in [1.82, 2.24) is 15.1 Å². The standard InChI is InChI=1S/C27H33ClN4O3/c1-18-16-31(9-10-32(18)26(34)24-8-5-11-35-24)17-27(3)14-22(28)13-23(19(27)2)30-25(33)21-7-4-6-20(12-21)15-29/h4,6-7,12-14,18-19,24H,5,8-11,16-17H2,1-3H3,(H,30,33)/t18-,19?,24?,27?/m0/s1. The summed E-state index contributed by atoms with van der Waals surface area (Å²) in [6, 6.07) is 8.82. The summed E-state index contributed by atoms with van der Waals surface area (Å²) in [5.41, 5.74) is 1.33. The second-order valence-electron chi connectivity index (χ2n) is 10.1. The number of amides is 2. The van der Waals surface area contributed by atoms with Crippen LogP contribution in [0.1, 0.15) is 49.5 Å². The molecule has 2 fully saturated rings. The maximum Gasteiger partial charge on any atom is 0.255 e. The molecule has 0 bridgehead atoms. The van der Waals surface area contributed by atoms with E-state index in [4.69, 9.17) is 21.6 Å². The summed E-state index contributed by atoms with van der Waals surface area (Å²) in [6.07, 6.45) is 5.35. The minimum absolute atomic E-state index is 0.00922. The average molecular weight is 497 g/mol. The van der Waals surface area contributed by atoms with Gasteiger partial charge in [0.15, 0.2) is 0 Å². The third-order valence-electron chi connectivity index (χ3n) is 7.49. The summed E-state index contributed by atoms with van der Waals surface area (Å²) in [6.45, 7) is 10.0. The summed E-state index contributed by atoms with van der Waals surface area (Å²) in [5, 5.41) is 12.7. The smallest absolute Gasteiger partial charge is 0.255 e. The average Bonchev–Trinajstić information content (AvgIpc) is 3.37. The van der Waals surface area contributed by atoms with E-state index in [1.807, 2.05) is 4.90 Å². The van der Waals surface area contributed by atoms with Gasteiger partial charge in [-0.25, -0.2) is 0 Å². The summed E-state index contributed by atoms with van der Waals surface area (Å²) in [4.78, 5) is 30.1. The first-order valence-corrected chi connectivity index (χ1v) is 12.6. The molecule has 4 rings (SSSR count). The van der Waals surface area contributed by atoms with Crippen molar-refractivity contribution in [2.75, 3.05) is 32.8 Å². The molecule has 8 heteroatoms. The highest BCUT2D eigenvalue weighted by molar-refractivity contribution is 6.31. The zero-order valence-corrected chi connectivity index (χ0v) is 21.3. The van der Waals surface area contributed by atoms with Crippen molar-refractivity contribution in [2.24, 2.45) is 11.3 Å². The molecule has 3 unspecified atom stereocenters. The van der Waals surface area contributed by atoms with E-state index in [0.29, 0.717) is 29.3 Å². The fourth-order valence-corrected chi connectivity index (χ4v) is 5.68. The summed E-state index contributed by atoms with van der Waals surface area (Å²) in [5.74, 6) is -0.137. The molecule has 3 aliphatic rings. The molecule has 0 saturated carbocycles. The second-order valence-corrected chi connectivity index (χ2v) is 10.6. The lowest BCUT2D eigenvalue weighted by Crippen LogP contribution is -2.58. The highest BCUT2D eigenvalue weighted by Crippen LogP contribution is 2.40. The van der Waals surface area contributed by atoms with Gasteiger partial charge in [0.25, 0.3) is 11.8 Å². The molecule has 2 aliphatic heterocycles. The molecular weight excluding hydrogens is 464 g/mol. The Balaban J connectivity index is 1.41.